The quantitative estimate of drug-likeness (QED) is 0.836. The van der Waals surface area contributed by atoms with E-state index in [1.165, 1.54) is 0 Å². The summed E-state index contributed by atoms with van der Waals surface area (Å²) in [5.41, 5.74) is 1.98. The zero-order chi connectivity index (χ0) is 10.8. The lowest BCUT2D eigenvalue weighted by Gasteiger charge is -1.91. The van der Waals surface area contributed by atoms with Gasteiger partial charge in [-0.25, -0.2) is 0 Å². The molecule has 0 spiro atoms. The van der Waals surface area contributed by atoms with Crippen LogP contribution in [0.1, 0.15) is 17.7 Å². The average molecular weight is 204 g/mol. The van der Waals surface area contributed by atoms with Gasteiger partial charge >= 0.3 is 5.97 Å². The van der Waals surface area contributed by atoms with Crippen molar-refractivity contribution in [2.24, 2.45) is 0 Å². The van der Waals surface area contributed by atoms with E-state index in [2.05, 4.69) is 0 Å². The van der Waals surface area contributed by atoms with Gasteiger partial charge in [0.05, 0.1) is 6.42 Å². The van der Waals surface area contributed by atoms with Crippen LogP contribution in [0.4, 0.5) is 0 Å². The van der Waals surface area contributed by atoms with E-state index in [-0.39, 0.29) is 6.42 Å². The third-order valence-electron chi connectivity index (χ3n) is 2.42. The molecule has 0 bridgehead atoms. The number of benzene rings is 1. The lowest BCUT2D eigenvalue weighted by molar-refractivity contribution is -0.137. The summed E-state index contributed by atoms with van der Waals surface area (Å²) >= 11 is 0. The summed E-state index contributed by atoms with van der Waals surface area (Å²) in [6, 6.07) is 7.77. The Morgan fingerprint density at radius 2 is 2.27 bits per heavy atom. The maximum absolute atomic E-state index is 10.4. The highest BCUT2D eigenvalue weighted by atomic mass is 16.4. The smallest absolute Gasteiger partial charge is 0.303 e. The van der Waals surface area contributed by atoms with Crippen LogP contribution in [-0.4, -0.2) is 11.1 Å². The maximum Gasteiger partial charge on any atom is 0.303 e. The third kappa shape index (κ3) is 2.01. The first-order valence-corrected chi connectivity index (χ1v) is 4.86. The highest BCUT2D eigenvalue weighted by Crippen LogP contribution is 2.23. The summed E-state index contributed by atoms with van der Waals surface area (Å²) in [5.74, 6) is -0.0612. The van der Waals surface area contributed by atoms with Crippen LogP contribution in [0.25, 0.3) is 11.0 Å². The number of hydrogen-bond acceptors (Lipinski definition) is 2. The van der Waals surface area contributed by atoms with E-state index in [1.54, 1.807) is 0 Å². The second-order valence-electron chi connectivity index (χ2n) is 3.59. The van der Waals surface area contributed by atoms with Gasteiger partial charge in [-0.15, -0.1) is 0 Å². The van der Waals surface area contributed by atoms with E-state index in [4.69, 9.17) is 9.52 Å². The van der Waals surface area contributed by atoms with Crippen LogP contribution in [0.15, 0.2) is 28.7 Å². The summed E-state index contributed by atoms with van der Waals surface area (Å²) in [6.07, 6.45) is 0.558. The van der Waals surface area contributed by atoms with Gasteiger partial charge in [-0.3, -0.25) is 4.79 Å². The SMILES string of the molecule is Cc1cccc2oc(CCC(=O)O)cc12. The van der Waals surface area contributed by atoms with Gasteiger partial charge in [0.25, 0.3) is 0 Å². The third-order valence-corrected chi connectivity index (χ3v) is 2.42. The second-order valence-corrected chi connectivity index (χ2v) is 3.59. The van der Waals surface area contributed by atoms with E-state index in [0.29, 0.717) is 6.42 Å². The van der Waals surface area contributed by atoms with E-state index < -0.39 is 5.97 Å². The van der Waals surface area contributed by atoms with Crippen LogP contribution in [0.2, 0.25) is 0 Å². The van der Waals surface area contributed by atoms with Crippen molar-refractivity contribution < 1.29 is 14.3 Å². The Kier molecular flexibility index (Phi) is 2.46. The Morgan fingerprint density at radius 3 is 2.93 bits per heavy atom. The molecule has 0 aliphatic carbocycles. The first-order valence-electron chi connectivity index (χ1n) is 4.86. The van der Waals surface area contributed by atoms with Crippen molar-refractivity contribution in [1.29, 1.82) is 0 Å². The zero-order valence-corrected chi connectivity index (χ0v) is 8.49. The van der Waals surface area contributed by atoms with Gasteiger partial charge in [0, 0.05) is 11.8 Å². The molecule has 3 heteroatoms. The number of aliphatic carboxylic acids is 1. The molecule has 15 heavy (non-hydrogen) atoms. The van der Waals surface area contributed by atoms with Crippen LogP contribution in [0, 0.1) is 6.92 Å². The molecule has 1 heterocycles. The number of rotatable bonds is 3. The molecule has 0 radical (unpaired) electrons. The van der Waals surface area contributed by atoms with Crippen LogP contribution in [-0.2, 0) is 11.2 Å². The minimum atomic E-state index is -0.799. The van der Waals surface area contributed by atoms with Gasteiger partial charge in [0.2, 0.25) is 0 Å². The van der Waals surface area contributed by atoms with Crippen LogP contribution in [0.5, 0.6) is 0 Å². The molecule has 78 valence electrons. The van der Waals surface area contributed by atoms with Gasteiger partial charge in [-0.2, -0.15) is 0 Å². The first kappa shape index (κ1) is 9.77. The lowest BCUT2D eigenvalue weighted by atomic mass is 10.1. The molecular weight excluding hydrogens is 192 g/mol. The Bertz CT molecular complexity index is 497. The molecular formula is C12H12O3. The Morgan fingerprint density at radius 1 is 1.47 bits per heavy atom. The first-order chi connectivity index (χ1) is 7.16. The average Bonchev–Trinajstić information content (AvgIpc) is 2.59. The second kappa shape index (κ2) is 3.77. The summed E-state index contributed by atoms with van der Waals surface area (Å²) in [5, 5.41) is 9.63. The molecule has 3 nitrogen and oxygen atoms in total. The van der Waals surface area contributed by atoms with Crippen molar-refractivity contribution in [2.75, 3.05) is 0 Å². The number of hydrogen-bond donors (Lipinski definition) is 1. The van der Waals surface area contributed by atoms with Crippen LogP contribution < -0.4 is 0 Å². The largest absolute Gasteiger partial charge is 0.481 e. The summed E-state index contributed by atoms with van der Waals surface area (Å²) in [4.78, 5) is 10.4. The van der Waals surface area contributed by atoms with Crippen molar-refractivity contribution in [2.45, 2.75) is 19.8 Å². The van der Waals surface area contributed by atoms with Crippen molar-refractivity contribution in [1.82, 2.24) is 0 Å². The monoisotopic (exact) mass is 204 g/mol. The number of carboxylic acids is 1. The standard InChI is InChI=1S/C12H12O3/c1-8-3-2-4-11-10(8)7-9(15-11)5-6-12(13)14/h2-4,7H,5-6H2,1H3,(H,13,14). The van der Waals surface area contributed by atoms with Crippen LogP contribution >= 0.6 is 0 Å². The molecule has 0 unspecified atom stereocenters. The highest BCUT2D eigenvalue weighted by molar-refractivity contribution is 5.81. The molecule has 0 aliphatic heterocycles. The Labute approximate surface area is 87.3 Å². The molecule has 0 fully saturated rings. The molecule has 0 saturated carbocycles. The fourth-order valence-corrected chi connectivity index (χ4v) is 1.61. The predicted octanol–water partition coefficient (Wildman–Crippen LogP) is 2.76. The minimum absolute atomic E-state index is 0.110. The van der Waals surface area contributed by atoms with Crippen molar-refractivity contribution >= 4 is 16.9 Å². The van der Waals surface area contributed by atoms with Gasteiger partial charge in [-0.1, -0.05) is 12.1 Å². The molecule has 0 saturated heterocycles. The number of furan rings is 1. The van der Waals surface area contributed by atoms with Crippen LogP contribution in [0.3, 0.4) is 0 Å². The van der Waals surface area contributed by atoms with Crippen molar-refractivity contribution in [3.8, 4) is 0 Å². The zero-order valence-electron chi connectivity index (χ0n) is 8.49. The molecule has 0 amide bonds. The molecule has 2 rings (SSSR count). The molecule has 2 aromatic rings. The highest BCUT2D eigenvalue weighted by Gasteiger charge is 2.06. The fourth-order valence-electron chi connectivity index (χ4n) is 1.61. The van der Waals surface area contributed by atoms with Gasteiger partial charge in [0.15, 0.2) is 0 Å². The predicted molar refractivity (Wildman–Crippen MR) is 56.9 cm³/mol. The van der Waals surface area contributed by atoms with E-state index >= 15 is 0 Å². The Balaban J connectivity index is 2.31. The summed E-state index contributed by atoms with van der Waals surface area (Å²) in [7, 11) is 0. The van der Waals surface area contributed by atoms with Gasteiger partial charge < -0.3 is 9.52 Å². The van der Waals surface area contributed by atoms with Gasteiger partial charge in [0.1, 0.15) is 11.3 Å². The number of fused-ring (bicyclic) bond motifs is 1. The molecule has 0 atom stereocenters. The van der Waals surface area contributed by atoms with E-state index in [1.807, 2.05) is 31.2 Å². The summed E-state index contributed by atoms with van der Waals surface area (Å²) in [6.45, 7) is 2.01. The van der Waals surface area contributed by atoms with Crippen molar-refractivity contribution in [3.05, 3.63) is 35.6 Å². The summed E-state index contributed by atoms with van der Waals surface area (Å²) < 4.78 is 5.54. The van der Waals surface area contributed by atoms with Crippen molar-refractivity contribution in [3.63, 3.8) is 0 Å². The molecule has 0 aliphatic rings. The van der Waals surface area contributed by atoms with E-state index in [0.717, 1.165) is 22.3 Å². The number of carbonyl (C=O) groups is 1. The van der Waals surface area contributed by atoms with Gasteiger partial charge in [-0.05, 0) is 24.6 Å². The lowest BCUT2D eigenvalue weighted by Crippen LogP contribution is -1.95. The normalized spacial score (nSPS) is 10.7. The topological polar surface area (TPSA) is 50.4 Å². The minimum Gasteiger partial charge on any atom is -0.481 e. The maximum atomic E-state index is 10.4. The molecule has 1 aromatic heterocycles. The molecule has 1 N–H and O–H groups in total. The molecule has 1 aromatic carbocycles. The number of aryl methyl sites for hydroxylation is 2. The van der Waals surface area contributed by atoms with E-state index in [9.17, 15) is 4.79 Å². The number of carboxylic acid groups (broad SMARTS) is 1. The Hall–Kier alpha value is -1.77. The fraction of sp³-hybridized carbons (Fsp3) is 0.250.